The van der Waals surface area contributed by atoms with Gasteiger partial charge in [-0.2, -0.15) is 0 Å². The van der Waals surface area contributed by atoms with Crippen LogP contribution in [0.15, 0.2) is 18.2 Å². The number of fused-ring (bicyclic) bond motifs is 1. The summed E-state index contributed by atoms with van der Waals surface area (Å²) in [5, 5.41) is 3.32. The molecule has 0 spiro atoms. The molecule has 0 bridgehead atoms. The minimum Gasteiger partial charge on any atom is -0.316 e. The van der Waals surface area contributed by atoms with Gasteiger partial charge in [0.2, 0.25) is 10.0 Å². The average molecular weight is 277 g/mol. The largest absolute Gasteiger partial charge is 0.316 e. The predicted octanol–water partition coefficient (Wildman–Crippen LogP) is 1.17. The van der Waals surface area contributed by atoms with Crippen LogP contribution in [0.2, 0.25) is 0 Å². The van der Waals surface area contributed by atoms with E-state index in [0.717, 1.165) is 25.9 Å². The smallest absolute Gasteiger partial charge is 0.229 e. The number of halogens is 1. The lowest BCUT2D eigenvalue weighted by atomic mass is 10.0. The second-order valence-electron chi connectivity index (χ2n) is 4.11. The third-order valence-electron chi connectivity index (χ3n) is 2.65. The monoisotopic (exact) mass is 276 g/mol. The van der Waals surface area contributed by atoms with Crippen LogP contribution in [0, 0.1) is 0 Å². The van der Waals surface area contributed by atoms with Gasteiger partial charge in [-0.1, -0.05) is 6.07 Å². The molecule has 0 unspecified atom stereocenters. The van der Waals surface area contributed by atoms with Crippen molar-refractivity contribution in [2.24, 2.45) is 0 Å². The lowest BCUT2D eigenvalue weighted by Crippen LogP contribution is -2.16. The van der Waals surface area contributed by atoms with E-state index in [9.17, 15) is 8.42 Å². The molecule has 0 radical (unpaired) electrons. The number of rotatable bonds is 2. The third-order valence-corrected chi connectivity index (χ3v) is 3.26. The van der Waals surface area contributed by atoms with E-state index in [1.807, 2.05) is 18.2 Å². The van der Waals surface area contributed by atoms with Crippen LogP contribution in [-0.4, -0.2) is 27.8 Å². The van der Waals surface area contributed by atoms with Crippen molar-refractivity contribution in [3.05, 3.63) is 29.3 Å². The molecular weight excluding hydrogens is 260 g/mol. The molecule has 4 nitrogen and oxygen atoms in total. The maximum atomic E-state index is 11.1. The molecule has 17 heavy (non-hydrogen) atoms. The molecule has 1 heterocycles. The molecular formula is C11H17ClN2O2S. The fraction of sp³-hybridized carbons (Fsp3) is 0.455. The van der Waals surface area contributed by atoms with Crippen LogP contribution >= 0.6 is 12.4 Å². The van der Waals surface area contributed by atoms with Gasteiger partial charge < -0.3 is 5.32 Å². The molecule has 0 amide bonds. The topological polar surface area (TPSA) is 58.2 Å². The standard InChI is InChI=1S/C11H16N2O2S.ClH/c1-16(14,15)13-11-3-2-9-4-6-12-7-5-10(9)8-11;/h2-3,8,12-13H,4-7H2,1H3;1H. The van der Waals surface area contributed by atoms with Crippen molar-refractivity contribution >= 4 is 28.1 Å². The van der Waals surface area contributed by atoms with E-state index in [1.54, 1.807) is 0 Å². The van der Waals surface area contributed by atoms with Gasteiger partial charge in [0, 0.05) is 5.69 Å². The summed E-state index contributed by atoms with van der Waals surface area (Å²) in [6.07, 6.45) is 3.13. The van der Waals surface area contributed by atoms with Crippen LogP contribution < -0.4 is 10.0 Å². The molecule has 0 aromatic heterocycles. The molecule has 1 aliphatic rings. The van der Waals surface area contributed by atoms with E-state index in [2.05, 4.69) is 10.0 Å². The van der Waals surface area contributed by atoms with Gasteiger partial charge in [-0.3, -0.25) is 4.72 Å². The highest BCUT2D eigenvalue weighted by Crippen LogP contribution is 2.19. The van der Waals surface area contributed by atoms with Crippen LogP contribution in [0.25, 0.3) is 0 Å². The highest BCUT2D eigenvalue weighted by atomic mass is 35.5. The van der Waals surface area contributed by atoms with Crippen molar-refractivity contribution in [2.45, 2.75) is 12.8 Å². The van der Waals surface area contributed by atoms with Gasteiger partial charge >= 0.3 is 0 Å². The Morgan fingerprint density at radius 2 is 1.82 bits per heavy atom. The second-order valence-corrected chi connectivity index (χ2v) is 5.86. The van der Waals surface area contributed by atoms with E-state index in [4.69, 9.17) is 0 Å². The number of benzene rings is 1. The first-order valence-electron chi connectivity index (χ1n) is 5.35. The van der Waals surface area contributed by atoms with E-state index in [-0.39, 0.29) is 12.4 Å². The molecule has 1 aliphatic heterocycles. The van der Waals surface area contributed by atoms with Crippen molar-refractivity contribution in [3.8, 4) is 0 Å². The number of sulfonamides is 1. The van der Waals surface area contributed by atoms with Gasteiger partial charge in [0.05, 0.1) is 6.26 Å². The van der Waals surface area contributed by atoms with Crippen LogP contribution in [0.5, 0.6) is 0 Å². The molecule has 0 fully saturated rings. The summed E-state index contributed by atoms with van der Waals surface area (Å²) in [7, 11) is -3.18. The SMILES string of the molecule is CS(=O)(=O)Nc1ccc2c(c1)CCNCC2.Cl. The molecule has 0 saturated heterocycles. The molecule has 1 aromatic rings. The Morgan fingerprint density at radius 3 is 2.47 bits per heavy atom. The first-order chi connectivity index (χ1) is 7.54. The highest BCUT2D eigenvalue weighted by molar-refractivity contribution is 7.92. The summed E-state index contributed by atoms with van der Waals surface area (Å²) in [6.45, 7) is 1.95. The second kappa shape index (κ2) is 5.71. The van der Waals surface area contributed by atoms with Crippen LogP contribution in [0.3, 0.4) is 0 Å². The fourth-order valence-corrected chi connectivity index (χ4v) is 2.51. The van der Waals surface area contributed by atoms with E-state index in [1.165, 1.54) is 17.4 Å². The number of hydrogen-bond donors (Lipinski definition) is 2. The number of anilines is 1. The molecule has 2 N–H and O–H groups in total. The Labute approximate surface area is 108 Å². The molecule has 2 rings (SSSR count). The highest BCUT2D eigenvalue weighted by Gasteiger charge is 2.09. The summed E-state index contributed by atoms with van der Waals surface area (Å²) >= 11 is 0. The Hall–Kier alpha value is -0.780. The molecule has 0 aliphatic carbocycles. The Morgan fingerprint density at radius 1 is 1.18 bits per heavy atom. The minimum atomic E-state index is -3.18. The molecule has 1 aromatic carbocycles. The van der Waals surface area contributed by atoms with E-state index >= 15 is 0 Å². The zero-order chi connectivity index (χ0) is 11.6. The Kier molecular flexibility index (Phi) is 4.80. The van der Waals surface area contributed by atoms with E-state index in [0.29, 0.717) is 5.69 Å². The maximum Gasteiger partial charge on any atom is 0.229 e. The normalized spacial score (nSPS) is 15.4. The Balaban J connectivity index is 0.00000144. The molecule has 0 atom stereocenters. The summed E-state index contributed by atoms with van der Waals surface area (Å²) < 4.78 is 24.7. The van der Waals surface area contributed by atoms with Gasteiger partial charge in [0.15, 0.2) is 0 Å². The van der Waals surface area contributed by atoms with E-state index < -0.39 is 10.0 Å². The number of hydrogen-bond acceptors (Lipinski definition) is 3. The molecule has 96 valence electrons. The Bertz CT molecular complexity index is 488. The average Bonchev–Trinajstić information content (AvgIpc) is 2.39. The van der Waals surface area contributed by atoms with Crippen molar-refractivity contribution in [1.82, 2.24) is 5.32 Å². The van der Waals surface area contributed by atoms with Crippen molar-refractivity contribution in [3.63, 3.8) is 0 Å². The molecule has 6 heteroatoms. The van der Waals surface area contributed by atoms with Crippen LogP contribution in [0.1, 0.15) is 11.1 Å². The van der Waals surface area contributed by atoms with Gasteiger partial charge in [0.25, 0.3) is 0 Å². The van der Waals surface area contributed by atoms with Crippen molar-refractivity contribution in [2.75, 3.05) is 24.1 Å². The summed E-state index contributed by atoms with van der Waals surface area (Å²) in [4.78, 5) is 0. The molecule has 0 saturated carbocycles. The van der Waals surface area contributed by atoms with Crippen molar-refractivity contribution < 1.29 is 8.42 Å². The summed E-state index contributed by atoms with van der Waals surface area (Å²) in [5.41, 5.74) is 3.20. The lowest BCUT2D eigenvalue weighted by molar-refractivity contribution is 0.607. The first kappa shape index (κ1) is 14.3. The first-order valence-corrected chi connectivity index (χ1v) is 7.24. The zero-order valence-corrected chi connectivity index (χ0v) is 11.3. The van der Waals surface area contributed by atoms with Crippen LogP contribution in [-0.2, 0) is 22.9 Å². The maximum absolute atomic E-state index is 11.1. The third kappa shape index (κ3) is 4.18. The van der Waals surface area contributed by atoms with Gasteiger partial charge in [-0.25, -0.2) is 8.42 Å². The zero-order valence-electron chi connectivity index (χ0n) is 9.69. The minimum absolute atomic E-state index is 0. The summed E-state index contributed by atoms with van der Waals surface area (Å²) in [5.74, 6) is 0. The fourth-order valence-electron chi connectivity index (χ4n) is 1.95. The summed E-state index contributed by atoms with van der Waals surface area (Å²) in [6, 6.07) is 5.77. The quantitative estimate of drug-likeness (QED) is 0.853. The lowest BCUT2D eigenvalue weighted by Gasteiger charge is -2.09. The van der Waals surface area contributed by atoms with Gasteiger partial charge in [-0.05, 0) is 49.2 Å². The van der Waals surface area contributed by atoms with Gasteiger partial charge in [0.1, 0.15) is 0 Å². The predicted molar refractivity (Wildman–Crippen MR) is 72.4 cm³/mol. The van der Waals surface area contributed by atoms with Gasteiger partial charge in [-0.15, -0.1) is 12.4 Å². The van der Waals surface area contributed by atoms with Crippen molar-refractivity contribution in [1.29, 1.82) is 0 Å². The van der Waals surface area contributed by atoms with Crippen LogP contribution in [0.4, 0.5) is 5.69 Å². The number of nitrogens with one attached hydrogen (secondary N) is 2.